The number of aromatic hydroxyl groups is 1. The number of fused-ring (bicyclic) bond motifs is 1. The van der Waals surface area contributed by atoms with E-state index in [1.165, 1.54) is 4.90 Å². The molecule has 0 fully saturated rings. The summed E-state index contributed by atoms with van der Waals surface area (Å²) < 4.78 is 0. The van der Waals surface area contributed by atoms with Gasteiger partial charge in [0.2, 0.25) is 0 Å². The molecule has 0 bridgehead atoms. The average Bonchev–Trinajstić information content (AvgIpc) is 2.60. The first kappa shape index (κ1) is 14.6. The largest absolute Gasteiger partial charge is 0.506 e. The van der Waals surface area contributed by atoms with Crippen LogP contribution >= 0.6 is 11.6 Å². The van der Waals surface area contributed by atoms with Gasteiger partial charge in [-0.1, -0.05) is 41.9 Å². The summed E-state index contributed by atoms with van der Waals surface area (Å²) in [5.74, 6) is -0.132. The maximum Gasteiger partial charge on any atom is 0.251 e. The van der Waals surface area contributed by atoms with Gasteiger partial charge in [-0.3, -0.25) is 9.79 Å². The molecule has 4 nitrogen and oxygen atoms in total. The molecule has 112 valence electrons. The van der Waals surface area contributed by atoms with Crippen LogP contribution in [-0.2, 0) is 4.79 Å². The summed E-state index contributed by atoms with van der Waals surface area (Å²) in [5.41, 5.74) is 2.50. The Balaban J connectivity index is 2.32. The van der Waals surface area contributed by atoms with Crippen molar-refractivity contribution in [2.75, 3.05) is 11.9 Å². The van der Waals surface area contributed by atoms with Crippen LogP contribution in [0.2, 0.25) is 5.02 Å². The highest BCUT2D eigenvalue weighted by Crippen LogP contribution is 2.36. The number of aliphatic imine (C=N–C) groups is 1. The van der Waals surface area contributed by atoms with Crippen molar-refractivity contribution in [3.05, 3.63) is 58.6 Å². The summed E-state index contributed by atoms with van der Waals surface area (Å²) >= 11 is 6.30. The standard InChI is InChI=1S/C17H15ClN2O2/c1-10-17(22)20(2)16-12(7-5-9-14(16)21)15(19-10)11-6-3-4-8-13(11)18/h3-10,21H,1-2H3. The molecular formula is C17H15ClN2O2. The first-order chi connectivity index (χ1) is 10.5. The molecule has 0 saturated carbocycles. The average molecular weight is 315 g/mol. The fourth-order valence-corrected chi connectivity index (χ4v) is 2.88. The van der Waals surface area contributed by atoms with Crippen molar-refractivity contribution in [2.24, 2.45) is 4.99 Å². The van der Waals surface area contributed by atoms with Gasteiger partial charge in [0.25, 0.3) is 5.91 Å². The Bertz CT molecular complexity index is 786. The van der Waals surface area contributed by atoms with Crippen LogP contribution in [0.1, 0.15) is 18.1 Å². The number of carbonyl (C=O) groups excluding carboxylic acids is 1. The lowest BCUT2D eigenvalue weighted by atomic mass is 9.99. The van der Waals surface area contributed by atoms with Gasteiger partial charge < -0.3 is 10.0 Å². The topological polar surface area (TPSA) is 52.9 Å². The van der Waals surface area contributed by atoms with Gasteiger partial charge in [-0.25, -0.2) is 0 Å². The molecule has 2 aromatic rings. The van der Waals surface area contributed by atoms with E-state index in [1.807, 2.05) is 24.3 Å². The fraction of sp³-hybridized carbons (Fsp3) is 0.176. The minimum atomic E-state index is -0.553. The van der Waals surface area contributed by atoms with E-state index in [4.69, 9.17) is 11.6 Å². The second-order valence-corrected chi connectivity index (χ2v) is 5.61. The molecule has 5 heteroatoms. The van der Waals surface area contributed by atoms with Crippen LogP contribution in [0.15, 0.2) is 47.5 Å². The third-order valence-corrected chi connectivity index (χ3v) is 4.07. The van der Waals surface area contributed by atoms with Crippen LogP contribution in [0, 0.1) is 0 Å². The molecule has 1 aliphatic heterocycles. The molecule has 0 aliphatic carbocycles. The summed E-state index contributed by atoms with van der Waals surface area (Å²) in [6.45, 7) is 1.73. The predicted molar refractivity (Wildman–Crippen MR) is 88.1 cm³/mol. The molecule has 3 rings (SSSR count). The van der Waals surface area contributed by atoms with Crippen molar-refractivity contribution >= 4 is 28.9 Å². The zero-order chi connectivity index (χ0) is 15.9. The van der Waals surface area contributed by atoms with Crippen LogP contribution in [0.4, 0.5) is 5.69 Å². The minimum absolute atomic E-state index is 0.0437. The molecule has 1 amide bonds. The Morgan fingerprint density at radius 2 is 1.82 bits per heavy atom. The molecule has 1 N–H and O–H groups in total. The Labute approximate surface area is 133 Å². The number of hydrogen-bond donors (Lipinski definition) is 1. The van der Waals surface area contributed by atoms with Crippen molar-refractivity contribution < 1.29 is 9.90 Å². The van der Waals surface area contributed by atoms with Crippen LogP contribution in [0.3, 0.4) is 0 Å². The minimum Gasteiger partial charge on any atom is -0.506 e. The molecule has 22 heavy (non-hydrogen) atoms. The Morgan fingerprint density at radius 1 is 1.14 bits per heavy atom. The van der Waals surface area contributed by atoms with Crippen LogP contribution in [0.25, 0.3) is 0 Å². The number of rotatable bonds is 1. The molecular weight excluding hydrogens is 300 g/mol. The lowest BCUT2D eigenvalue weighted by Crippen LogP contribution is -2.33. The zero-order valence-electron chi connectivity index (χ0n) is 12.2. The number of phenols is 1. The summed E-state index contributed by atoms with van der Waals surface area (Å²) in [5, 5.41) is 10.8. The van der Waals surface area contributed by atoms with Crippen molar-refractivity contribution in [1.82, 2.24) is 0 Å². The van der Waals surface area contributed by atoms with Crippen molar-refractivity contribution in [3.63, 3.8) is 0 Å². The molecule has 0 aromatic heterocycles. The van der Waals surface area contributed by atoms with Crippen molar-refractivity contribution in [1.29, 1.82) is 0 Å². The van der Waals surface area contributed by atoms with E-state index >= 15 is 0 Å². The molecule has 2 aromatic carbocycles. The normalized spacial score (nSPS) is 17.8. The predicted octanol–water partition coefficient (Wildman–Crippen LogP) is 3.25. The van der Waals surface area contributed by atoms with E-state index in [2.05, 4.69) is 4.99 Å². The number of benzodiazepines with no additional fused rings is 1. The lowest BCUT2D eigenvalue weighted by Gasteiger charge is -2.20. The van der Waals surface area contributed by atoms with Gasteiger partial charge in [-0.05, 0) is 19.1 Å². The highest BCUT2D eigenvalue weighted by Gasteiger charge is 2.29. The van der Waals surface area contributed by atoms with E-state index in [9.17, 15) is 9.90 Å². The number of halogens is 1. The van der Waals surface area contributed by atoms with Gasteiger partial charge in [0.1, 0.15) is 11.8 Å². The number of phenolic OH excluding ortho intramolecular Hbond substituents is 1. The number of nitrogens with zero attached hydrogens (tertiary/aromatic N) is 2. The summed E-state index contributed by atoms with van der Waals surface area (Å²) in [6, 6.07) is 11.9. The van der Waals surface area contributed by atoms with E-state index < -0.39 is 6.04 Å². The van der Waals surface area contributed by atoms with E-state index in [0.717, 1.165) is 5.56 Å². The van der Waals surface area contributed by atoms with Gasteiger partial charge in [0, 0.05) is 23.2 Å². The summed E-state index contributed by atoms with van der Waals surface area (Å²) in [6.07, 6.45) is 0. The number of anilines is 1. The molecule has 0 radical (unpaired) electrons. The van der Waals surface area contributed by atoms with Gasteiger partial charge >= 0.3 is 0 Å². The maximum atomic E-state index is 12.4. The number of para-hydroxylation sites is 1. The van der Waals surface area contributed by atoms with Gasteiger partial charge in [0.05, 0.1) is 11.4 Å². The SMILES string of the molecule is CC1N=C(c2ccccc2Cl)c2cccc(O)c2N(C)C1=O. The van der Waals surface area contributed by atoms with Gasteiger partial charge in [-0.2, -0.15) is 0 Å². The maximum absolute atomic E-state index is 12.4. The first-order valence-electron chi connectivity index (χ1n) is 6.93. The van der Waals surface area contributed by atoms with Crippen LogP contribution in [-0.4, -0.2) is 29.8 Å². The quantitative estimate of drug-likeness (QED) is 0.878. The molecule has 0 spiro atoms. The second-order valence-electron chi connectivity index (χ2n) is 5.20. The Hall–Kier alpha value is -2.33. The zero-order valence-corrected chi connectivity index (χ0v) is 13.0. The second kappa shape index (κ2) is 5.46. The monoisotopic (exact) mass is 314 g/mol. The molecule has 1 heterocycles. The van der Waals surface area contributed by atoms with E-state index in [0.29, 0.717) is 22.0 Å². The first-order valence-corrected chi connectivity index (χ1v) is 7.31. The molecule has 1 aliphatic rings. The van der Waals surface area contributed by atoms with Crippen molar-refractivity contribution in [3.8, 4) is 5.75 Å². The van der Waals surface area contributed by atoms with Crippen LogP contribution < -0.4 is 4.90 Å². The van der Waals surface area contributed by atoms with Crippen molar-refractivity contribution in [2.45, 2.75) is 13.0 Å². The number of amides is 1. The number of benzene rings is 2. The van der Waals surface area contributed by atoms with Crippen LogP contribution in [0.5, 0.6) is 5.75 Å². The highest BCUT2D eigenvalue weighted by molar-refractivity contribution is 6.36. The Morgan fingerprint density at radius 3 is 2.55 bits per heavy atom. The third kappa shape index (κ3) is 2.25. The molecule has 1 atom stereocenters. The molecule has 1 unspecified atom stereocenters. The van der Waals surface area contributed by atoms with E-state index in [1.54, 1.807) is 32.2 Å². The van der Waals surface area contributed by atoms with E-state index in [-0.39, 0.29) is 11.7 Å². The third-order valence-electron chi connectivity index (χ3n) is 3.74. The summed E-state index contributed by atoms with van der Waals surface area (Å²) in [4.78, 5) is 18.4. The fourth-order valence-electron chi connectivity index (χ4n) is 2.65. The number of likely N-dealkylation sites (N-methyl/N-ethyl adjacent to an activating group) is 1. The lowest BCUT2D eigenvalue weighted by molar-refractivity contribution is -0.119. The molecule has 0 saturated heterocycles. The Kier molecular flexibility index (Phi) is 3.62. The van der Waals surface area contributed by atoms with Gasteiger partial charge in [0.15, 0.2) is 0 Å². The number of carbonyl (C=O) groups is 1. The summed E-state index contributed by atoms with van der Waals surface area (Å²) in [7, 11) is 1.64. The smallest absolute Gasteiger partial charge is 0.251 e. The number of hydrogen-bond acceptors (Lipinski definition) is 3. The highest BCUT2D eigenvalue weighted by atomic mass is 35.5. The van der Waals surface area contributed by atoms with Gasteiger partial charge in [-0.15, -0.1) is 0 Å².